The maximum absolute atomic E-state index is 13.1. The molecule has 4 fully saturated rings. The molecule has 31 heavy (non-hydrogen) atoms. The molecule has 1 aromatic heterocycles. The molecule has 3 aromatic rings. The van der Waals surface area contributed by atoms with E-state index in [0.29, 0.717) is 24.0 Å². The number of carbonyl (C=O) groups excluding carboxylic acids is 1. The highest BCUT2D eigenvalue weighted by atomic mass is 16.3. The fourth-order valence-electron chi connectivity index (χ4n) is 5.93. The summed E-state index contributed by atoms with van der Waals surface area (Å²) >= 11 is 0. The van der Waals surface area contributed by atoms with Gasteiger partial charge in [0, 0.05) is 42.7 Å². The van der Waals surface area contributed by atoms with Crippen LogP contribution in [-0.2, 0) is 0 Å². The van der Waals surface area contributed by atoms with Crippen LogP contribution in [0.3, 0.4) is 0 Å². The van der Waals surface area contributed by atoms with Crippen molar-refractivity contribution >= 4 is 22.4 Å². The largest absolute Gasteiger partial charge is 0.452 e. The number of piperidine rings is 3. The summed E-state index contributed by atoms with van der Waals surface area (Å²) in [5, 5.41) is 1.02. The SMILES string of the molecule is O=C(C[C@H]1CN2CCC1CC2)c1cc2cccc(-c3cccc(N4CCCC4)c3)c2o1. The van der Waals surface area contributed by atoms with Gasteiger partial charge < -0.3 is 14.2 Å². The van der Waals surface area contributed by atoms with Gasteiger partial charge in [-0.25, -0.2) is 0 Å². The van der Waals surface area contributed by atoms with E-state index < -0.39 is 0 Å². The Balaban J connectivity index is 1.29. The summed E-state index contributed by atoms with van der Waals surface area (Å²) in [4.78, 5) is 18.1. The van der Waals surface area contributed by atoms with Crippen molar-refractivity contribution < 1.29 is 9.21 Å². The standard InChI is InChI=1S/C27H30N2O2/c30-25(16-22-18-28-13-9-19(22)10-14-28)26-17-21-6-4-8-24(27(21)31-26)20-5-3-7-23(15-20)29-11-1-2-12-29/h3-8,15,17,19,22H,1-2,9-14,16,18H2/t22-/m0/s1. The van der Waals surface area contributed by atoms with Crippen LogP contribution in [0.4, 0.5) is 5.69 Å². The van der Waals surface area contributed by atoms with Crippen LogP contribution in [-0.4, -0.2) is 43.4 Å². The van der Waals surface area contributed by atoms with Crippen molar-refractivity contribution in [3.63, 3.8) is 0 Å². The molecule has 160 valence electrons. The van der Waals surface area contributed by atoms with Gasteiger partial charge in [-0.2, -0.15) is 0 Å². The van der Waals surface area contributed by atoms with E-state index in [1.54, 1.807) is 0 Å². The molecule has 0 radical (unpaired) electrons. The Hall–Kier alpha value is -2.59. The van der Waals surface area contributed by atoms with Crippen LogP contribution in [0, 0.1) is 11.8 Å². The number of para-hydroxylation sites is 1. The second-order valence-corrected chi connectivity index (χ2v) is 9.60. The smallest absolute Gasteiger partial charge is 0.198 e. The maximum Gasteiger partial charge on any atom is 0.198 e. The van der Waals surface area contributed by atoms with Crippen LogP contribution < -0.4 is 4.90 Å². The Morgan fingerprint density at radius 3 is 2.55 bits per heavy atom. The van der Waals surface area contributed by atoms with Crippen molar-refractivity contribution in [1.29, 1.82) is 0 Å². The first-order valence-electron chi connectivity index (χ1n) is 11.9. The third-order valence-corrected chi connectivity index (χ3v) is 7.69. The molecule has 0 unspecified atom stereocenters. The molecule has 0 N–H and O–H groups in total. The molecule has 5 heterocycles. The van der Waals surface area contributed by atoms with Gasteiger partial charge in [0.05, 0.1) is 0 Å². The number of furan rings is 1. The van der Waals surface area contributed by atoms with Crippen LogP contribution in [0.5, 0.6) is 0 Å². The van der Waals surface area contributed by atoms with E-state index in [2.05, 4.69) is 52.3 Å². The van der Waals surface area contributed by atoms with Gasteiger partial charge in [0.2, 0.25) is 0 Å². The molecule has 4 saturated heterocycles. The number of carbonyl (C=O) groups is 1. The number of hydrogen-bond donors (Lipinski definition) is 0. The van der Waals surface area contributed by atoms with E-state index in [4.69, 9.17) is 4.42 Å². The molecule has 0 aliphatic carbocycles. The number of benzene rings is 2. The molecule has 4 heteroatoms. The molecule has 2 aromatic carbocycles. The fraction of sp³-hybridized carbons (Fsp3) is 0.444. The fourth-order valence-corrected chi connectivity index (χ4v) is 5.93. The van der Waals surface area contributed by atoms with Crippen molar-refractivity contribution in [2.24, 2.45) is 11.8 Å². The second-order valence-electron chi connectivity index (χ2n) is 9.60. The minimum atomic E-state index is 0.159. The molecule has 2 bridgehead atoms. The monoisotopic (exact) mass is 414 g/mol. The number of Topliss-reactive ketones (excluding diaryl/α,β-unsaturated/α-hetero) is 1. The highest BCUT2D eigenvalue weighted by molar-refractivity contribution is 6.01. The molecule has 7 rings (SSSR count). The summed E-state index contributed by atoms with van der Waals surface area (Å²) in [6.45, 7) is 5.75. The van der Waals surface area contributed by atoms with E-state index >= 15 is 0 Å². The summed E-state index contributed by atoms with van der Waals surface area (Å²) in [6, 6.07) is 16.9. The lowest BCUT2D eigenvalue weighted by Crippen LogP contribution is -2.47. The lowest BCUT2D eigenvalue weighted by molar-refractivity contribution is 0.0433. The zero-order valence-corrected chi connectivity index (χ0v) is 18.1. The van der Waals surface area contributed by atoms with E-state index in [1.165, 1.54) is 44.5 Å². The quantitative estimate of drug-likeness (QED) is 0.508. The van der Waals surface area contributed by atoms with Crippen molar-refractivity contribution in [2.45, 2.75) is 32.1 Å². The third-order valence-electron chi connectivity index (χ3n) is 7.69. The summed E-state index contributed by atoms with van der Waals surface area (Å²) < 4.78 is 6.23. The molecule has 0 spiro atoms. The van der Waals surface area contributed by atoms with Gasteiger partial charge in [0.1, 0.15) is 5.58 Å². The Bertz CT molecular complexity index is 1100. The average molecular weight is 415 g/mol. The predicted molar refractivity (Wildman–Crippen MR) is 125 cm³/mol. The van der Waals surface area contributed by atoms with Crippen LogP contribution in [0.2, 0.25) is 0 Å². The van der Waals surface area contributed by atoms with Crippen molar-refractivity contribution in [3.8, 4) is 11.1 Å². The molecular formula is C27H30N2O2. The summed E-state index contributed by atoms with van der Waals surface area (Å²) in [7, 11) is 0. The zero-order chi connectivity index (χ0) is 20.8. The van der Waals surface area contributed by atoms with E-state index in [9.17, 15) is 4.79 Å². The van der Waals surface area contributed by atoms with Crippen LogP contribution in [0.25, 0.3) is 22.1 Å². The van der Waals surface area contributed by atoms with Crippen molar-refractivity contribution in [2.75, 3.05) is 37.6 Å². The van der Waals surface area contributed by atoms with Gasteiger partial charge in [-0.15, -0.1) is 0 Å². The van der Waals surface area contributed by atoms with Gasteiger partial charge in [-0.3, -0.25) is 4.79 Å². The third kappa shape index (κ3) is 3.57. The number of rotatable bonds is 5. The minimum absolute atomic E-state index is 0.159. The topological polar surface area (TPSA) is 36.7 Å². The molecule has 4 aliphatic rings. The normalized spacial score (nSPS) is 25.4. The van der Waals surface area contributed by atoms with Gasteiger partial charge in [0.15, 0.2) is 11.5 Å². The lowest BCUT2D eigenvalue weighted by atomic mass is 9.76. The number of hydrogen-bond acceptors (Lipinski definition) is 4. The first-order valence-corrected chi connectivity index (χ1v) is 11.9. The zero-order valence-electron chi connectivity index (χ0n) is 18.1. The number of anilines is 1. The molecule has 4 aliphatic heterocycles. The average Bonchev–Trinajstić information content (AvgIpc) is 3.50. The predicted octanol–water partition coefficient (Wildman–Crippen LogP) is 5.61. The van der Waals surface area contributed by atoms with E-state index in [1.807, 2.05) is 6.07 Å². The van der Waals surface area contributed by atoms with Crippen LogP contribution in [0.15, 0.2) is 52.9 Å². The van der Waals surface area contributed by atoms with Gasteiger partial charge in [0.25, 0.3) is 0 Å². The summed E-state index contributed by atoms with van der Waals surface area (Å²) in [5.74, 6) is 1.88. The van der Waals surface area contributed by atoms with E-state index in [-0.39, 0.29) is 5.78 Å². The Kier molecular flexibility index (Phi) is 4.83. The van der Waals surface area contributed by atoms with Gasteiger partial charge >= 0.3 is 0 Å². The summed E-state index contributed by atoms with van der Waals surface area (Å²) in [6.07, 6.45) is 5.64. The molecule has 1 atom stereocenters. The molecule has 4 nitrogen and oxygen atoms in total. The van der Waals surface area contributed by atoms with E-state index in [0.717, 1.165) is 41.7 Å². The van der Waals surface area contributed by atoms with Crippen molar-refractivity contribution in [1.82, 2.24) is 4.90 Å². The number of fused-ring (bicyclic) bond motifs is 4. The number of ketones is 1. The Morgan fingerprint density at radius 2 is 1.77 bits per heavy atom. The minimum Gasteiger partial charge on any atom is -0.452 e. The van der Waals surface area contributed by atoms with Gasteiger partial charge in [-0.05, 0) is 74.4 Å². The van der Waals surface area contributed by atoms with Crippen molar-refractivity contribution in [3.05, 3.63) is 54.3 Å². The number of nitrogens with zero attached hydrogens (tertiary/aromatic N) is 2. The summed E-state index contributed by atoms with van der Waals surface area (Å²) in [5.41, 5.74) is 4.33. The Labute approximate surface area is 183 Å². The molecule has 0 amide bonds. The van der Waals surface area contributed by atoms with Crippen LogP contribution in [0.1, 0.15) is 42.7 Å². The highest BCUT2D eigenvalue weighted by Crippen LogP contribution is 2.37. The first-order chi connectivity index (χ1) is 15.2. The Morgan fingerprint density at radius 1 is 0.968 bits per heavy atom. The molecular weight excluding hydrogens is 384 g/mol. The lowest BCUT2D eigenvalue weighted by Gasteiger charge is -2.44. The van der Waals surface area contributed by atoms with Crippen LogP contribution >= 0.6 is 0 Å². The first kappa shape index (κ1) is 19.1. The van der Waals surface area contributed by atoms with Gasteiger partial charge in [-0.1, -0.05) is 30.3 Å². The molecule has 0 saturated carbocycles. The highest BCUT2D eigenvalue weighted by Gasteiger charge is 2.35. The maximum atomic E-state index is 13.1. The second kappa shape index (κ2) is 7.83.